The number of methoxy groups -OCH3 is 1. The van der Waals surface area contributed by atoms with Crippen molar-refractivity contribution in [1.82, 2.24) is 14.9 Å². The minimum atomic E-state index is -5.07. The molecule has 2 rings (SSSR count). The number of hydrogen-bond acceptors (Lipinski definition) is 7. The number of aliphatic hydroxyl groups is 1. The molecule has 0 aliphatic carbocycles. The van der Waals surface area contributed by atoms with Crippen LogP contribution >= 0.6 is 0 Å². The van der Waals surface area contributed by atoms with Gasteiger partial charge in [-0.2, -0.15) is 17.5 Å². The van der Waals surface area contributed by atoms with Gasteiger partial charge < -0.3 is 25.2 Å². The number of halogens is 3. The molecule has 0 aliphatic heterocycles. The van der Waals surface area contributed by atoms with Crippen LogP contribution < -0.4 is 15.4 Å². The number of sulfonamides is 1. The molecular formula is C28H38F3N3O7S. The van der Waals surface area contributed by atoms with Gasteiger partial charge in [0, 0.05) is 19.2 Å². The standard InChI is InChI=1S/C28H38F3N3O7S/c1-4-20(5-2)18-34(42(38,39)23-13-9-12-22(17-23)40-3)19-25(35)24(16-21-10-7-6-8-11-21)33-27(37)41-15-14-32-26(36)28(29,30)31/h6-13,17,20,24-25,35H,4-5,14-16,18-19H2,1-3H3,(H,32,36)(H,33,37)/t24?,25-/m1/s1. The zero-order valence-corrected chi connectivity index (χ0v) is 24.6. The number of nitrogens with one attached hydrogen (secondary N) is 2. The van der Waals surface area contributed by atoms with E-state index >= 15 is 0 Å². The molecule has 2 atom stereocenters. The first-order chi connectivity index (χ1) is 19.8. The first-order valence-electron chi connectivity index (χ1n) is 13.5. The molecule has 3 N–H and O–H groups in total. The summed E-state index contributed by atoms with van der Waals surface area (Å²) >= 11 is 0. The van der Waals surface area contributed by atoms with E-state index in [0.29, 0.717) is 18.6 Å². The van der Waals surface area contributed by atoms with Crippen LogP contribution in [-0.2, 0) is 26.0 Å². The van der Waals surface area contributed by atoms with E-state index in [1.165, 1.54) is 23.5 Å². The van der Waals surface area contributed by atoms with Crippen molar-refractivity contribution < 1.29 is 45.8 Å². The normalized spacial score (nSPS) is 13.5. The van der Waals surface area contributed by atoms with Crippen molar-refractivity contribution in [2.75, 3.05) is 33.4 Å². The average molecular weight is 618 g/mol. The van der Waals surface area contributed by atoms with Crippen LogP contribution in [0.3, 0.4) is 0 Å². The Morgan fingerprint density at radius 3 is 2.29 bits per heavy atom. The van der Waals surface area contributed by atoms with E-state index in [0.717, 1.165) is 5.56 Å². The van der Waals surface area contributed by atoms with Gasteiger partial charge in [-0.05, 0) is 30.0 Å². The Labute approximate surface area is 244 Å². The van der Waals surface area contributed by atoms with E-state index in [9.17, 15) is 36.3 Å². The van der Waals surface area contributed by atoms with E-state index in [2.05, 4.69) is 5.32 Å². The third-order valence-electron chi connectivity index (χ3n) is 6.63. The second-order valence-corrected chi connectivity index (χ2v) is 11.5. The molecule has 2 aromatic rings. The lowest BCUT2D eigenvalue weighted by Gasteiger charge is -2.31. The van der Waals surface area contributed by atoms with Crippen molar-refractivity contribution in [3.8, 4) is 5.75 Å². The zero-order valence-electron chi connectivity index (χ0n) is 23.8. The highest BCUT2D eigenvalue weighted by atomic mass is 32.2. The Morgan fingerprint density at radius 1 is 1.02 bits per heavy atom. The summed E-state index contributed by atoms with van der Waals surface area (Å²) in [5.74, 6) is -1.83. The van der Waals surface area contributed by atoms with Crippen molar-refractivity contribution in [2.45, 2.75) is 56.3 Å². The smallest absolute Gasteiger partial charge is 0.471 e. The summed E-state index contributed by atoms with van der Waals surface area (Å²) in [5, 5.41) is 15.4. The molecule has 2 amide bonds. The third kappa shape index (κ3) is 10.8. The zero-order chi connectivity index (χ0) is 31.3. The second-order valence-electron chi connectivity index (χ2n) is 9.58. The number of alkyl carbamates (subject to hydrolysis) is 1. The molecule has 0 aliphatic rings. The number of carbonyl (C=O) groups is 2. The first kappa shape index (κ1) is 34.8. The average Bonchev–Trinajstić information content (AvgIpc) is 2.96. The summed E-state index contributed by atoms with van der Waals surface area (Å²) in [6, 6.07) is 13.7. The number of aliphatic hydroxyl groups excluding tert-OH is 1. The monoisotopic (exact) mass is 617 g/mol. The van der Waals surface area contributed by atoms with Crippen LogP contribution in [0.5, 0.6) is 5.75 Å². The van der Waals surface area contributed by atoms with Gasteiger partial charge in [-0.1, -0.05) is 63.1 Å². The number of hydrogen-bond donors (Lipinski definition) is 3. The number of nitrogens with zero attached hydrogens (tertiary/aromatic N) is 1. The predicted octanol–water partition coefficient (Wildman–Crippen LogP) is 3.50. The number of amides is 2. The maximum Gasteiger partial charge on any atom is 0.471 e. The van der Waals surface area contributed by atoms with Crippen molar-refractivity contribution in [2.24, 2.45) is 5.92 Å². The quantitative estimate of drug-likeness (QED) is 0.246. The maximum absolute atomic E-state index is 13.7. The molecule has 0 aromatic heterocycles. The summed E-state index contributed by atoms with van der Waals surface area (Å²) in [7, 11) is -2.68. The molecule has 0 saturated carbocycles. The van der Waals surface area contributed by atoms with Crippen LogP contribution in [0.15, 0.2) is 59.5 Å². The molecule has 234 valence electrons. The van der Waals surface area contributed by atoms with E-state index < -0.39 is 53.5 Å². The van der Waals surface area contributed by atoms with Crippen molar-refractivity contribution in [3.63, 3.8) is 0 Å². The van der Waals surface area contributed by atoms with Crippen LogP contribution in [0, 0.1) is 5.92 Å². The van der Waals surface area contributed by atoms with Gasteiger partial charge in [0.1, 0.15) is 12.4 Å². The van der Waals surface area contributed by atoms with Crippen molar-refractivity contribution in [3.05, 3.63) is 60.2 Å². The Bertz CT molecular complexity index is 1240. The highest BCUT2D eigenvalue weighted by Gasteiger charge is 2.38. The Morgan fingerprint density at radius 2 is 1.69 bits per heavy atom. The fraction of sp³-hybridized carbons (Fsp3) is 0.500. The summed E-state index contributed by atoms with van der Waals surface area (Å²) in [4.78, 5) is 23.4. The van der Waals surface area contributed by atoms with Gasteiger partial charge in [-0.15, -0.1) is 0 Å². The van der Waals surface area contributed by atoms with E-state index in [1.807, 2.05) is 13.8 Å². The highest BCUT2D eigenvalue weighted by molar-refractivity contribution is 7.89. The molecular weight excluding hydrogens is 579 g/mol. The van der Waals surface area contributed by atoms with Crippen molar-refractivity contribution >= 4 is 22.0 Å². The fourth-order valence-electron chi connectivity index (χ4n) is 4.11. The minimum absolute atomic E-state index is 0.00464. The number of rotatable bonds is 16. The summed E-state index contributed by atoms with van der Waals surface area (Å²) in [5.41, 5.74) is 0.724. The van der Waals surface area contributed by atoms with Gasteiger partial charge in [-0.25, -0.2) is 13.2 Å². The Kier molecular flexibility index (Phi) is 13.5. The Hall–Kier alpha value is -3.36. The second kappa shape index (κ2) is 16.3. The van der Waals surface area contributed by atoms with Crippen LogP contribution in [0.2, 0.25) is 0 Å². The van der Waals surface area contributed by atoms with Gasteiger partial charge in [0.2, 0.25) is 10.0 Å². The molecule has 0 spiro atoms. The molecule has 0 radical (unpaired) electrons. The number of alkyl halides is 3. The summed E-state index contributed by atoms with van der Waals surface area (Å²) in [6.45, 7) is 2.48. The lowest BCUT2D eigenvalue weighted by Crippen LogP contribution is -2.51. The van der Waals surface area contributed by atoms with Crippen LogP contribution in [0.4, 0.5) is 18.0 Å². The lowest BCUT2D eigenvalue weighted by atomic mass is 10.0. The summed E-state index contributed by atoms with van der Waals surface area (Å²) < 4.78 is 75.8. The molecule has 1 unspecified atom stereocenters. The summed E-state index contributed by atoms with van der Waals surface area (Å²) in [6.07, 6.45) is -6.05. The van der Waals surface area contributed by atoms with Crippen LogP contribution in [0.1, 0.15) is 32.3 Å². The lowest BCUT2D eigenvalue weighted by molar-refractivity contribution is -0.173. The maximum atomic E-state index is 13.7. The van der Waals surface area contributed by atoms with Crippen LogP contribution in [0.25, 0.3) is 0 Å². The van der Waals surface area contributed by atoms with Crippen molar-refractivity contribution in [1.29, 1.82) is 0 Å². The molecule has 14 heteroatoms. The minimum Gasteiger partial charge on any atom is -0.497 e. The fourth-order valence-corrected chi connectivity index (χ4v) is 5.67. The van der Waals surface area contributed by atoms with Gasteiger partial charge in [-0.3, -0.25) is 4.79 Å². The molecule has 0 bridgehead atoms. The molecule has 2 aromatic carbocycles. The molecule has 0 heterocycles. The topological polar surface area (TPSA) is 134 Å². The number of carbonyl (C=O) groups excluding carboxylic acids is 2. The van der Waals surface area contributed by atoms with Gasteiger partial charge >= 0.3 is 18.2 Å². The van der Waals surface area contributed by atoms with E-state index in [1.54, 1.807) is 47.8 Å². The molecule has 0 fully saturated rings. The van der Waals surface area contributed by atoms with E-state index in [-0.39, 0.29) is 30.3 Å². The molecule has 42 heavy (non-hydrogen) atoms. The van der Waals surface area contributed by atoms with Gasteiger partial charge in [0.15, 0.2) is 0 Å². The number of ether oxygens (including phenoxy) is 2. The SMILES string of the molecule is CCC(CC)CN(C[C@@H](O)C(Cc1ccccc1)NC(=O)OCCNC(=O)C(F)(F)F)S(=O)(=O)c1cccc(OC)c1. The molecule has 10 nitrogen and oxygen atoms in total. The Balaban J connectivity index is 2.25. The number of benzene rings is 2. The van der Waals surface area contributed by atoms with Crippen LogP contribution in [-0.4, -0.2) is 81.5 Å². The van der Waals surface area contributed by atoms with Gasteiger partial charge in [0.05, 0.1) is 30.7 Å². The first-order valence-corrected chi connectivity index (χ1v) is 14.9. The highest BCUT2D eigenvalue weighted by Crippen LogP contribution is 2.24. The van der Waals surface area contributed by atoms with Gasteiger partial charge in [0.25, 0.3) is 0 Å². The predicted molar refractivity (Wildman–Crippen MR) is 149 cm³/mol. The van der Waals surface area contributed by atoms with E-state index in [4.69, 9.17) is 9.47 Å². The molecule has 0 saturated heterocycles. The third-order valence-corrected chi connectivity index (χ3v) is 8.46. The largest absolute Gasteiger partial charge is 0.497 e.